The van der Waals surface area contributed by atoms with Crippen LogP contribution in [0.5, 0.6) is 0 Å². The summed E-state index contributed by atoms with van der Waals surface area (Å²) in [7, 11) is 0. The van der Waals surface area contributed by atoms with Crippen molar-refractivity contribution in [3.8, 4) is 0 Å². The first kappa shape index (κ1) is 17.0. The highest BCUT2D eigenvalue weighted by Gasteiger charge is 2.24. The predicted molar refractivity (Wildman–Crippen MR) is 92.9 cm³/mol. The summed E-state index contributed by atoms with van der Waals surface area (Å²) >= 11 is 0. The maximum Gasteiger partial charge on any atom is 0.253 e. The van der Waals surface area contributed by atoms with Crippen molar-refractivity contribution in [3.05, 3.63) is 29.8 Å². The molecule has 0 aromatic heterocycles. The summed E-state index contributed by atoms with van der Waals surface area (Å²) in [4.78, 5) is 24.4. The largest absolute Gasteiger partial charge is 0.368 e. The first-order valence-corrected chi connectivity index (χ1v) is 8.97. The maximum absolute atomic E-state index is 12.4. The lowest BCUT2D eigenvalue weighted by molar-refractivity contribution is -0.124. The lowest BCUT2D eigenvalue weighted by atomic mass is 9.86. The molecule has 130 valence electrons. The molecule has 2 amide bonds. The van der Waals surface area contributed by atoms with Gasteiger partial charge in [-0.1, -0.05) is 19.8 Å². The van der Waals surface area contributed by atoms with Gasteiger partial charge in [0.05, 0.1) is 0 Å². The zero-order valence-corrected chi connectivity index (χ0v) is 14.2. The summed E-state index contributed by atoms with van der Waals surface area (Å²) in [5.74, 6) is 0.388. The molecule has 1 heterocycles. The normalized spacial score (nSPS) is 26.8. The Balaban J connectivity index is 1.55. The van der Waals surface area contributed by atoms with E-state index in [0.717, 1.165) is 19.3 Å². The number of carbonyl (C=O) groups is 2. The summed E-state index contributed by atoms with van der Waals surface area (Å²) in [6.07, 6.45) is 6.03. The highest BCUT2D eigenvalue weighted by atomic mass is 16.5. The molecule has 1 aromatic rings. The van der Waals surface area contributed by atoms with Crippen LogP contribution in [0, 0.1) is 5.92 Å². The Hall–Kier alpha value is -1.88. The van der Waals surface area contributed by atoms with Gasteiger partial charge in [-0.05, 0) is 55.9 Å². The van der Waals surface area contributed by atoms with E-state index in [1.807, 2.05) is 0 Å². The second-order valence-corrected chi connectivity index (χ2v) is 6.91. The number of carbonyl (C=O) groups excluding carboxylic acids is 2. The quantitative estimate of drug-likeness (QED) is 0.891. The molecule has 2 aliphatic rings. The minimum absolute atomic E-state index is 0.0363. The molecule has 1 aliphatic carbocycles. The molecule has 3 rings (SSSR count). The van der Waals surface area contributed by atoms with Crippen molar-refractivity contribution in [2.75, 3.05) is 11.9 Å². The minimum Gasteiger partial charge on any atom is -0.368 e. The highest BCUT2D eigenvalue weighted by Crippen LogP contribution is 2.24. The maximum atomic E-state index is 12.4. The van der Waals surface area contributed by atoms with Gasteiger partial charge >= 0.3 is 0 Å². The monoisotopic (exact) mass is 330 g/mol. The molecular formula is C19H26N2O3. The first-order valence-electron chi connectivity index (χ1n) is 8.97. The Bertz CT molecular complexity index is 579. The zero-order chi connectivity index (χ0) is 16.9. The van der Waals surface area contributed by atoms with E-state index in [4.69, 9.17) is 4.74 Å². The molecule has 0 bridgehead atoms. The van der Waals surface area contributed by atoms with E-state index < -0.39 is 0 Å². The number of ether oxygens (including phenoxy) is 1. The smallest absolute Gasteiger partial charge is 0.253 e. The molecule has 1 aromatic carbocycles. The van der Waals surface area contributed by atoms with E-state index in [2.05, 4.69) is 17.6 Å². The second-order valence-electron chi connectivity index (χ2n) is 6.91. The van der Waals surface area contributed by atoms with Crippen LogP contribution in [0.1, 0.15) is 55.8 Å². The van der Waals surface area contributed by atoms with Crippen molar-refractivity contribution in [3.63, 3.8) is 0 Å². The van der Waals surface area contributed by atoms with Gasteiger partial charge in [-0.2, -0.15) is 0 Å². The van der Waals surface area contributed by atoms with Gasteiger partial charge in [0, 0.05) is 23.9 Å². The predicted octanol–water partition coefficient (Wildman–Crippen LogP) is 3.11. The lowest BCUT2D eigenvalue weighted by Gasteiger charge is -2.29. The van der Waals surface area contributed by atoms with E-state index in [9.17, 15) is 9.59 Å². The number of hydrogen-bond acceptors (Lipinski definition) is 3. The first-order chi connectivity index (χ1) is 11.6. The van der Waals surface area contributed by atoms with E-state index in [1.165, 1.54) is 19.3 Å². The van der Waals surface area contributed by atoms with E-state index in [1.54, 1.807) is 24.3 Å². The molecule has 24 heavy (non-hydrogen) atoms. The number of anilines is 1. The number of rotatable bonds is 4. The topological polar surface area (TPSA) is 67.4 Å². The fraction of sp³-hybridized carbons (Fsp3) is 0.579. The average molecular weight is 330 g/mol. The molecule has 1 saturated heterocycles. The number of benzene rings is 1. The van der Waals surface area contributed by atoms with Crippen molar-refractivity contribution in [1.29, 1.82) is 0 Å². The van der Waals surface area contributed by atoms with Crippen LogP contribution in [0.25, 0.3) is 0 Å². The van der Waals surface area contributed by atoms with Crippen molar-refractivity contribution in [2.45, 2.75) is 57.6 Å². The van der Waals surface area contributed by atoms with Crippen LogP contribution in [-0.2, 0) is 9.53 Å². The van der Waals surface area contributed by atoms with Gasteiger partial charge in [-0.15, -0.1) is 0 Å². The fourth-order valence-corrected chi connectivity index (χ4v) is 3.49. The Morgan fingerprint density at radius 1 is 1.04 bits per heavy atom. The number of amides is 2. The van der Waals surface area contributed by atoms with E-state index in [0.29, 0.717) is 23.8 Å². The fourth-order valence-electron chi connectivity index (χ4n) is 3.49. The Kier molecular flexibility index (Phi) is 5.51. The van der Waals surface area contributed by atoms with E-state index >= 15 is 0 Å². The van der Waals surface area contributed by atoms with Gasteiger partial charge in [0.25, 0.3) is 11.8 Å². The van der Waals surface area contributed by atoms with Crippen LogP contribution in [0.4, 0.5) is 5.69 Å². The molecular weight excluding hydrogens is 304 g/mol. The van der Waals surface area contributed by atoms with Gasteiger partial charge < -0.3 is 15.4 Å². The molecule has 0 spiro atoms. The second kappa shape index (κ2) is 7.79. The standard InChI is InChI=1S/C19H26N2O3/c1-13-5-2-3-6-16(13)21-18(22)14-8-10-15(11-9-14)20-19(23)17-7-4-12-24-17/h8-11,13,16-17H,2-7,12H2,1H3,(H,20,23)(H,21,22)/t13-,16-,17-/m1/s1. The molecule has 2 fully saturated rings. The molecule has 2 N–H and O–H groups in total. The van der Waals surface area contributed by atoms with Crippen LogP contribution in [0.3, 0.4) is 0 Å². The minimum atomic E-state index is -0.347. The van der Waals surface area contributed by atoms with Gasteiger partial charge in [-0.3, -0.25) is 9.59 Å². The van der Waals surface area contributed by atoms with Crippen LogP contribution in [0.2, 0.25) is 0 Å². The summed E-state index contributed by atoms with van der Waals surface area (Å²) in [6.45, 7) is 2.85. The van der Waals surface area contributed by atoms with Gasteiger partial charge in [0.15, 0.2) is 0 Å². The Morgan fingerprint density at radius 3 is 2.46 bits per heavy atom. The summed E-state index contributed by atoms with van der Waals surface area (Å²) < 4.78 is 5.37. The van der Waals surface area contributed by atoms with Gasteiger partial charge in [0.2, 0.25) is 0 Å². The molecule has 0 unspecified atom stereocenters. The average Bonchev–Trinajstić information content (AvgIpc) is 3.12. The number of nitrogens with one attached hydrogen (secondary N) is 2. The third-order valence-corrected chi connectivity index (χ3v) is 5.06. The van der Waals surface area contributed by atoms with Crippen LogP contribution in [-0.4, -0.2) is 30.6 Å². The van der Waals surface area contributed by atoms with Crippen molar-refractivity contribution >= 4 is 17.5 Å². The van der Waals surface area contributed by atoms with Gasteiger partial charge in [-0.25, -0.2) is 0 Å². The summed E-state index contributed by atoms with van der Waals surface area (Å²) in [5.41, 5.74) is 1.32. The van der Waals surface area contributed by atoms with Crippen molar-refractivity contribution < 1.29 is 14.3 Å². The molecule has 3 atom stereocenters. The lowest BCUT2D eigenvalue weighted by Crippen LogP contribution is -2.41. The third kappa shape index (κ3) is 4.15. The van der Waals surface area contributed by atoms with E-state index in [-0.39, 0.29) is 24.0 Å². The van der Waals surface area contributed by atoms with Crippen LogP contribution < -0.4 is 10.6 Å². The summed E-state index contributed by atoms with van der Waals surface area (Å²) in [5, 5.41) is 5.99. The molecule has 0 radical (unpaired) electrons. The Labute approximate surface area is 143 Å². The molecule has 1 aliphatic heterocycles. The highest BCUT2D eigenvalue weighted by molar-refractivity contribution is 5.97. The molecule has 5 nitrogen and oxygen atoms in total. The molecule has 5 heteroatoms. The van der Waals surface area contributed by atoms with Crippen molar-refractivity contribution in [2.24, 2.45) is 5.92 Å². The van der Waals surface area contributed by atoms with Crippen LogP contribution in [0.15, 0.2) is 24.3 Å². The van der Waals surface area contributed by atoms with Crippen LogP contribution >= 0.6 is 0 Å². The zero-order valence-electron chi connectivity index (χ0n) is 14.2. The number of hydrogen-bond donors (Lipinski definition) is 2. The SMILES string of the molecule is C[C@@H]1CCCC[C@H]1NC(=O)c1ccc(NC(=O)[C@H]2CCCO2)cc1. The Morgan fingerprint density at radius 2 is 1.79 bits per heavy atom. The van der Waals surface area contributed by atoms with Crippen molar-refractivity contribution in [1.82, 2.24) is 5.32 Å². The summed E-state index contributed by atoms with van der Waals surface area (Å²) in [6, 6.07) is 7.32. The molecule has 1 saturated carbocycles. The third-order valence-electron chi connectivity index (χ3n) is 5.06. The van der Waals surface area contributed by atoms with Gasteiger partial charge in [0.1, 0.15) is 6.10 Å².